The molecule has 4 nitrogen and oxygen atoms in total. The van der Waals surface area contributed by atoms with E-state index in [1.807, 2.05) is 17.5 Å². The number of carbonyl (C=O) groups is 1. The predicted molar refractivity (Wildman–Crippen MR) is 111 cm³/mol. The van der Waals surface area contributed by atoms with Crippen molar-refractivity contribution in [2.45, 2.75) is 65.4 Å². The molecule has 0 N–H and O–H groups in total. The van der Waals surface area contributed by atoms with E-state index in [0.29, 0.717) is 11.6 Å². The van der Waals surface area contributed by atoms with Crippen molar-refractivity contribution in [1.29, 1.82) is 0 Å². The van der Waals surface area contributed by atoms with E-state index in [0.717, 1.165) is 17.9 Å². The van der Waals surface area contributed by atoms with E-state index in [9.17, 15) is 4.79 Å². The number of ether oxygens (including phenoxy) is 2. The van der Waals surface area contributed by atoms with Crippen molar-refractivity contribution in [2.24, 2.45) is 0 Å². The lowest BCUT2D eigenvalue weighted by Crippen LogP contribution is -2.11. The molecule has 0 bridgehead atoms. The molecule has 0 saturated heterocycles. The highest BCUT2D eigenvalue weighted by atomic mass is 32.1. The molecule has 2 aromatic rings. The molecule has 0 atom stereocenters. The second kappa shape index (κ2) is 11.9. The monoisotopic (exact) mass is 389 g/mol. The molecule has 0 aliphatic carbocycles. The third-order valence-electron chi connectivity index (χ3n) is 4.57. The summed E-state index contributed by atoms with van der Waals surface area (Å²) in [5.41, 5.74) is 3.37. The Hall–Kier alpha value is -1.72. The van der Waals surface area contributed by atoms with Crippen LogP contribution in [0.5, 0.6) is 5.75 Å². The zero-order chi connectivity index (χ0) is 19.5. The van der Waals surface area contributed by atoms with Gasteiger partial charge in [-0.25, -0.2) is 4.98 Å². The van der Waals surface area contributed by atoms with E-state index < -0.39 is 0 Å². The van der Waals surface area contributed by atoms with Crippen LogP contribution in [0, 0.1) is 6.92 Å². The van der Waals surface area contributed by atoms with Crippen molar-refractivity contribution in [3.63, 3.8) is 0 Å². The van der Waals surface area contributed by atoms with Crippen LogP contribution in [0.25, 0.3) is 0 Å². The molecule has 0 fully saturated rings. The lowest BCUT2D eigenvalue weighted by molar-refractivity contribution is 0.0920. The Labute approximate surface area is 166 Å². The molecule has 0 radical (unpaired) electrons. The van der Waals surface area contributed by atoms with Crippen LogP contribution >= 0.6 is 11.3 Å². The van der Waals surface area contributed by atoms with Crippen LogP contribution in [-0.2, 0) is 17.8 Å². The van der Waals surface area contributed by atoms with E-state index in [-0.39, 0.29) is 12.4 Å². The van der Waals surface area contributed by atoms with Crippen molar-refractivity contribution in [3.05, 3.63) is 45.4 Å². The van der Waals surface area contributed by atoms with Gasteiger partial charge in [-0.1, -0.05) is 45.1 Å². The number of aromatic nitrogens is 1. The molecule has 148 valence electrons. The summed E-state index contributed by atoms with van der Waals surface area (Å²) in [5, 5.41) is 2.32. The van der Waals surface area contributed by atoms with Crippen LogP contribution in [0.3, 0.4) is 0 Å². The molecule has 27 heavy (non-hydrogen) atoms. The van der Waals surface area contributed by atoms with Crippen molar-refractivity contribution in [3.8, 4) is 5.75 Å². The van der Waals surface area contributed by atoms with Gasteiger partial charge in [0.05, 0.1) is 12.3 Å². The highest BCUT2D eigenvalue weighted by molar-refractivity contribution is 7.11. The standard InChI is InChI=1S/C22H31NO3S/c1-4-5-6-7-8-9-10-18-11-12-20(13-17(18)2)26-15-21(24)22-23-19(14-25-3)16-27-22/h11-13,16H,4-10,14-15H2,1-3H3. The number of hydrogen-bond donors (Lipinski definition) is 0. The van der Waals surface area contributed by atoms with Crippen LogP contribution in [0.2, 0.25) is 0 Å². The Balaban J connectivity index is 1.78. The molecule has 1 aromatic carbocycles. The lowest BCUT2D eigenvalue weighted by Gasteiger charge is -2.10. The van der Waals surface area contributed by atoms with Crippen molar-refractivity contribution >= 4 is 17.1 Å². The van der Waals surface area contributed by atoms with E-state index in [4.69, 9.17) is 9.47 Å². The second-order valence-corrected chi connectivity index (χ2v) is 7.75. The van der Waals surface area contributed by atoms with Crippen LogP contribution in [0.4, 0.5) is 0 Å². The number of unbranched alkanes of at least 4 members (excludes halogenated alkanes) is 5. The Bertz CT molecular complexity index is 711. The average Bonchev–Trinajstić information content (AvgIpc) is 3.13. The molecule has 0 amide bonds. The minimum atomic E-state index is -0.101. The van der Waals surface area contributed by atoms with Gasteiger partial charge in [-0.05, 0) is 43.0 Å². The summed E-state index contributed by atoms with van der Waals surface area (Å²) in [4.78, 5) is 16.5. The number of carbonyl (C=O) groups excluding carboxylic acids is 1. The molecular formula is C22H31NO3S. The third-order valence-corrected chi connectivity index (χ3v) is 5.50. The zero-order valence-corrected chi connectivity index (χ0v) is 17.6. The second-order valence-electron chi connectivity index (χ2n) is 6.89. The van der Waals surface area contributed by atoms with Gasteiger partial charge in [0, 0.05) is 12.5 Å². The molecule has 0 unspecified atom stereocenters. The third kappa shape index (κ3) is 7.43. The molecular weight excluding hydrogens is 358 g/mol. The predicted octanol–water partition coefficient (Wildman–Crippen LogP) is 5.76. The maximum Gasteiger partial charge on any atom is 0.228 e. The zero-order valence-electron chi connectivity index (χ0n) is 16.8. The molecule has 0 aliphatic heterocycles. The van der Waals surface area contributed by atoms with E-state index in [1.54, 1.807) is 7.11 Å². The number of thiazole rings is 1. The largest absolute Gasteiger partial charge is 0.485 e. The summed E-state index contributed by atoms with van der Waals surface area (Å²) in [5.74, 6) is 0.636. The summed E-state index contributed by atoms with van der Waals surface area (Å²) >= 11 is 1.33. The molecule has 2 rings (SSSR count). The van der Waals surface area contributed by atoms with Crippen molar-refractivity contribution in [2.75, 3.05) is 13.7 Å². The molecule has 0 aliphatic rings. The first-order valence-corrected chi connectivity index (χ1v) is 10.7. The quantitative estimate of drug-likeness (QED) is 0.323. The fourth-order valence-corrected chi connectivity index (χ4v) is 3.72. The van der Waals surface area contributed by atoms with Crippen LogP contribution in [-0.4, -0.2) is 24.5 Å². The first-order chi connectivity index (χ1) is 13.1. The summed E-state index contributed by atoms with van der Waals surface area (Å²) in [7, 11) is 1.61. The first-order valence-electron chi connectivity index (χ1n) is 9.83. The number of rotatable bonds is 13. The van der Waals surface area contributed by atoms with Gasteiger partial charge in [0.1, 0.15) is 5.75 Å². The molecule has 5 heteroatoms. The number of hydrogen-bond acceptors (Lipinski definition) is 5. The summed E-state index contributed by atoms with van der Waals surface area (Å²) in [6, 6.07) is 6.12. The Morgan fingerprint density at radius 3 is 2.67 bits per heavy atom. The molecule has 0 saturated carbocycles. The minimum absolute atomic E-state index is 0.0101. The fourth-order valence-electron chi connectivity index (χ4n) is 2.99. The van der Waals surface area contributed by atoms with Gasteiger partial charge >= 0.3 is 0 Å². The minimum Gasteiger partial charge on any atom is -0.485 e. The maximum absolute atomic E-state index is 12.2. The maximum atomic E-state index is 12.2. The normalized spacial score (nSPS) is 10.9. The van der Waals surface area contributed by atoms with Crippen molar-refractivity contribution in [1.82, 2.24) is 4.98 Å². The molecule has 1 heterocycles. The van der Waals surface area contributed by atoms with Crippen LogP contribution in [0.15, 0.2) is 23.6 Å². The number of ketones is 1. The van der Waals surface area contributed by atoms with Crippen LogP contribution in [0.1, 0.15) is 72.1 Å². The van der Waals surface area contributed by atoms with E-state index >= 15 is 0 Å². The summed E-state index contributed by atoms with van der Waals surface area (Å²) < 4.78 is 10.7. The van der Waals surface area contributed by atoms with E-state index in [2.05, 4.69) is 24.9 Å². The Morgan fingerprint density at radius 1 is 1.15 bits per heavy atom. The van der Waals surface area contributed by atoms with Gasteiger partial charge in [0.2, 0.25) is 5.78 Å². The smallest absolute Gasteiger partial charge is 0.228 e. The number of nitrogens with zero attached hydrogens (tertiary/aromatic N) is 1. The highest BCUT2D eigenvalue weighted by Crippen LogP contribution is 2.20. The fraction of sp³-hybridized carbons (Fsp3) is 0.545. The van der Waals surface area contributed by atoms with Gasteiger partial charge in [0.15, 0.2) is 11.6 Å². The highest BCUT2D eigenvalue weighted by Gasteiger charge is 2.12. The SMILES string of the molecule is CCCCCCCCc1ccc(OCC(=O)c2nc(COC)cs2)cc1C. The topological polar surface area (TPSA) is 48.4 Å². The van der Waals surface area contributed by atoms with E-state index in [1.165, 1.54) is 61.0 Å². The van der Waals surface area contributed by atoms with Gasteiger partial charge < -0.3 is 9.47 Å². The van der Waals surface area contributed by atoms with Gasteiger partial charge in [-0.3, -0.25) is 4.79 Å². The Kier molecular flexibility index (Phi) is 9.50. The number of Topliss-reactive ketones (excluding diaryl/α,β-unsaturated/α-hetero) is 1. The number of methoxy groups -OCH3 is 1. The van der Waals surface area contributed by atoms with Gasteiger partial charge in [-0.15, -0.1) is 11.3 Å². The van der Waals surface area contributed by atoms with Gasteiger partial charge in [0.25, 0.3) is 0 Å². The summed E-state index contributed by atoms with van der Waals surface area (Å²) in [6.45, 7) is 4.79. The Morgan fingerprint density at radius 2 is 1.93 bits per heavy atom. The van der Waals surface area contributed by atoms with Crippen LogP contribution < -0.4 is 4.74 Å². The average molecular weight is 390 g/mol. The van der Waals surface area contributed by atoms with Crippen molar-refractivity contribution < 1.29 is 14.3 Å². The number of aryl methyl sites for hydroxylation is 2. The molecule has 0 spiro atoms. The number of benzene rings is 1. The first kappa shape index (κ1) is 21.6. The lowest BCUT2D eigenvalue weighted by atomic mass is 10.0. The molecule has 1 aromatic heterocycles. The van der Waals surface area contributed by atoms with Gasteiger partial charge in [-0.2, -0.15) is 0 Å². The summed E-state index contributed by atoms with van der Waals surface area (Å²) in [6.07, 6.45) is 8.96.